The highest BCUT2D eigenvalue weighted by molar-refractivity contribution is 9.10. The molecule has 1 atom stereocenters. The number of carbonyl (C=O) groups is 2. The van der Waals surface area contributed by atoms with E-state index in [-0.39, 0.29) is 12.5 Å². The number of aromatic nitrogens is 2. The van der Waals surface area contributed by atoms with Crippen molar-refractivity contribution in [2.75, 3.05) is 7.11 Å². The molecule has 0 radical (unpaired) electrons. The van der Waals surface area contributed by atoms with Gasteiger partial charge in [0.2, 0.25) is 5.91 Å². The molecule has 7 nitrogen and oxygen atoms in total. The monoisotopic (exact) mass is 345 g/mol. The van der Waals surface area contributed by atoms with Crippen molar-refractivity contribution in [3.63, 3.8) is 0 Å². The Morgan fingerprint density at radius 1 is 1.45 bits per heavy atom. The van der Waals surface area contributed by atoms with Gasteiger partial charge >= 0.3 is 11.7 Å². The fourth-order valence-corrected chi connectivity index (χ4v) is 2.04. The van der Waals surface area contributed by atoms with E-state index in [1.807, 2.05) is 0 Å². The van der Waals surface area contributed by atoms with Crippen LogP contribution in [0, 0.1) is 13.8 Å². The Labute approximate surface area is 124 Å². The summed E-state index contributed by atoms with van der Waals surface area (Å²) in [5.41, 5.74) is 0.710. The van der Waals surface area contributed by atoms with E-state index in [0.717, 1.165) is 0 Å². The quantitative estimate of drug-likeness (QED) is 0.792. The first kappa shape index (κ1) is 16.4. The van der Waals surface area contributed by atoms with Gasteiger partial charge in [0, 0.05) is 12.6 Å². The molecule has 1 aromatic heterocycles. The Kier molecular flexibility index (Phi) is 5.43. The molecule has 0 fully saturated rings. The Hall–Kier alpha value is -1.70. The number of carbonyl (C=O) groups excluding carboxylic acids is 2. The second kappa shape index (κ2) is 6.65. The first-order chi connectivity index (χ1) is 9.27. The minimum atomic E-state index is -0.940. The fourth-order valence-electron chi connectivity index (χ4n) is 1.74. The van der Waals surface area contributed by atoms with Crippen LogP contribution in [0.15, 0.2) is 9.27 Å². The van der Waals surface area contributed by atoms with E-state index in [2.05, 4.69) is 31.0 Å². The van der Waals surface area contributed by atoms with Crippen molar-refractivity contribution >= 4 is 27.8 Å². The summed E-state index contributed by atoms with van der Waals surface area (Å²) in [4.78, 5) is 38.5. The van der Waals surface area contributed by atoms with Crippen molar-refractivity contribution in [2.45, 2.75) is 33.4 Å². The first-order valence-corrected chi connectivity index (χ1v) is 6.65. The van der Waals surface area contributed by atoms with E-state index in [1.165, 1.54) is 18.6 Å². The molecule has 0 aromatic carbocycles. The highest BCUT2D eigenvalue weighted by Gasteiger charge is 2.23. The van der Waals surface area contributed by atoms with Crippen LogP contribution in [0.2, 0.25) is 0 Å². The Morgan fingerprint density at radius 2 is 2.05 bits per heavy atom. The van der Waals surface area contributed by atoms with Crippen molar-refractivity contribution in [1.29, 1.82) is 0 Å². The number of nitrogens with one attached hydrogen (secondary N) is 1. The lowest BCUT2D eigenvalue weighted by Crippen LogP contribution is -2.46. The van der Waals surface area contributed by atoms with Crippen LogP contribution in [0.5, 0.6) is 0 Å². The maximum atomic E-state index is 11.9. The molecule has 0 saturated carbocycles. The summed E-state index contributed by atoms with van der Waals surface area (Å²) in [5.74, 6) is -1.01. The van der Waals surface area contributed by atoms with Crippen LogP contribution in [0.4, 0.5) is 0 Å². The number of rotatable bonds is 4. The minimum Gasteiger partial charge on any atom is -0.467 e. The number of ether oxygens (including phenoxy) is 1. The highest BCUT2D eigenvalue weighted by Crippen LogP contribution is 2.16. The molecule has 1 N–H and O–H groups in total. The zero-order valence-electron chi connectivity index (χ0n) is 11.7. The zero-order valence-corrected chi connectivity index (χ0v) is 13.3. The molecule has 8 heteroatoms. The average Bonchev–Trinajstić information content (AvgIpc) is 2.38. The summed E-state index contributed by atoms with van der Waals surface area (Å²) < 4.78 is 6.62. The van der Waals surface area contributed by atoms with Gasteiger partial charge in [-0.2, -0.15) is 4.98 Å². The lowest BCUT2D eigenvalue weighted by atomic mass is 10.2. The smallest absolute Gasteiger partial charge is 0.348 e. The number of halogens is 1. The highest BCUT2D eigenvalue weighted by atomic mass is 79.9. The maximum Gasteiger partial charge on any atom is 0.348 e. The Morgan fingerprint density at radius 3 is 2.55 bits per heavy atom. The third-order valence-electron chi connectivity index (χ3n) is 2.76. The molecule has 0 aliphatic rings. The molecular weight excluding hydrogens is 330 g/mol. The summed E-state index contributed by atoms with van der Waals surface area (Å²) in [5, 5.41) is 2.45. The summed E-state index contributed by atoms with van der Waals surface area (Å²) in [7, 11) is 1.22. The molecule has 1 aromatic rings. The lowest BCUT2D eigenvalue weighted by molar-refractivity contribution is -0.145. The van der Waals surface area contributed by atoms with Gasteiger partial charge in [-0.1, -0.05) is 0 Å². The number of aryl methyl sites for hydroxylation is 1. The molecule has 110 valence electrons. The summed E-state index contributed by atoms with van der Waals surface area (Å²) in [6.45, 7) is 4.67. The minimum absolute atomic E-state index is 0.0389. The van der Waals surface area contributed by atoms with Crippen LogP contribution in [0.3, 0.4) is 0 Å². The van der Waals surface area contributed by atoms with Crippen molar-refractivity contribution < 1.29 is 14.3 Å². The number of methoxy groups -OCH3 is 1. The molecule has 1 heterocycles. The van der Waals surface area contributed by atoms with Crippen molar-refractivity contribution in [3.05, 3.63) is 26.3 Å². The molecule has 20 heavy (non-hydrogen) atoms. The average molecular weight is 346 g/mol. The van der Waals surface area contributed by atoms with Crippen LogP contribution >= 0.6 is 15.9 Å². The zero-order chi connectivity index (χ0) is 15.4. The molecule has 1 rings (SSSR count). The van der Waals surface area contributed by atoms with Gasteiger partial charge in [0.15, 0.2) is 0 Å². The predicted octanol–water partition coefficient (Wildman–Crippen LogP) is 0.300. The molecule has 1 unspecified atom stereocenters. The van der Waals surface area contributed by atoms with Crippen molar-refractivity contribution in [3.8, 4) is 0 Å². The largest absolute Gasteiger partial charge is 0.467 e. The second-order valence-electron chi connectivity index (χ2n) is 4.27. The van der Waals surface area contributed by atoms with Gasteiger partial charge in [0.1, 0.15) is 6.04 Å². The van der Waals surface area contributed by atoms with Gasteiger partial charge in [0.05, 0.1) is 23.8 Å². The van der Waals surface area contributed by atoms with Crippen LogP contribution in [0.1, 0.15) is 18.3 Å². The van der Waals surface area contributed by atoms with Gasteiger partial charge < -0.3 is 10.1 Å². The SMILES string of the molecule is COC(=O)C(Cn1c(C)c(Br)c(C)nc1=O)NC(C)=O. The molecule has 0 aliphatic carbocycles. The van der Waals surface area contributed by atoms with E-state index in [0.29, 0.717) is 15.9 Å². The number of esters is 1. The lowest BCUT2D eigenvalue weighted by Gasteiger charge is -2.19. The van der Waals surface area contributed by atoms with Gasteiger partial charge in [-0.15, -0.1) is 0 Å². The first-order valence-electron chi connectivity index (χ1n) is 5.86. The third-order valence-corrected chi connectivity index (χ3v) is 3.91. The van der Waals surface area contributed by atoms with Crippen LogP contribution in [0.25, 0.3) is 0 Å². The molecule has 0 spiro atoms. The maximum absolute atomic E-state index is 11.9. The molecule has 0 bridgehead atoms. The van der Waals surface area contributed by atoms with E-state index >= 15 is 0 Å². The molecule has 0 aliphatic heterocycles. The van der Waals surface area contributed by atoms with E-state index in [4.69, 9.17) is 0 Å². The topological polar surface area (TPSA) is 90.3 Å². The Bertz CT molecular complexity index is 597. The van der Waals surface area contributed by atoms with Crippen LogP contribution < -0.4 is 11.0 Å². The summed E-state index contributed by atoms with van der Waals surface area (Å²) in [6.07, 6.45) is 0. The number of hydrogen-bond donors (Lipinski definition) is 1. The van der Waals surface area contributed by atoms with Crippen LogP contribution in [-0.4, -0.2) is 34.6 Å². The predicted molar refractivity (Wildman–Crippen MR) is 75.3 cm³/mol. The van der Waals surface area contributed by atoms with Gasteiger partial charge in [0.25, 0.3) is 0 Å². The standard InChI is InChI=1S/C12H16BrN3O4/c1-6-10(13)7(2)16(12(19)14-6)5-9(11(18)20-4)15-8(3)17/h9H,5H2,1-4H3,(H,15,17). The van der Waals surface area contributed by atoms with Gasteiger partial charge in [-0.05, 0) is 29.8 Å². The van der Waals surface area contributed by atoms with Crippen molar-refractivity contribution in [1.82, 2.24) is 14.9 Å². The fraction of sp³-hybridized carbons (Fsp3) is 0.500. The third kappa shape index (κ3) is 3.66. The molecule has 0 saturated heterocycles. The molecular formula is C12H16BrN3O4. The normalized spacial score (nSPS) is 11.8. The van der Waals surface area contributed by atoms with E-state index < -0.39 is 17.7 Å². The van der Waals surface area contributed by atoms with Gasteiger partial charge in [-0.3, -0.25) is 9.36 Å². The number of amides is 1. The van der Waals surface area contributed by atoms with E-state index in [9.17, 15) is 14.4 Å². The number of nitrogens with zero attached hydrogens (tertiary/aromatic N) is 2. The summed E-state index contributed by atoms with van der Waals surface area (Å²) in [6, 6.07) is -0.940. The Balaban J connectivity index is 3.18. The van der Waals surface area contributed by atoms with Crippen LogP contribution in [-0.2, 0) is 20.9 Å². The second-order valence-corrected chi connectivity index (χ2v) is 5.06. The van der Waals surface area contributed by atoms with Gasteiger partial charge in [-0.25, -0.2) is 9.59 Å². The number of hydrogen-bond acceptors (Lipinski definition) is 5. The molecule has 1 amide bonds. The van der Waals surface area contributed by atoms with Crippen molar-refractivity contribution in [2.24, 2.45) is 0 Å². The van der Waals surface area contributed by atoms with E-state index in [1.54, 1.807) is 13.8 Å². The summed E-state index contributed by atoms with van der Waals surface area (Å²) >= 11 is 3.33.